The van der Waals surface area contributed by atoms with E-state index in [0.717, 1.165) is 5.69 Å². The smallest absolute Gasteiger partial charge is 0.250 e. The first-order valence-electron chi connectivity index (χ1n) is 7.17. The number of nitrogens with one attached hydrogen (secondary N) is 2. The average Bonchev–Trinajstić information content (AvgIpc) is 2.56. The van der Waals surface area contributed by atoms with E-state index in [9.17, 15) is 14.7 Å². The van der Waals surface area contributed by atoms with Crippen molar-refractivity contribution in [3.05, 3.63) is 60.2 Å². The second-order valence-corrected chi connectivity index (χ2v) is 5.78. The Morgan fingerprint density at radius 1 is 1.04 bits per heavy atom. The number of thioether (sulfide) groups is 1. The lowest BCUT2D eigenvalue weighted by Gasteiger charge is -2.04. The minimum atomic E-state index is -0.302. The molecule has 0 aliphatic carbocycles. The number of para-hydroxylation sites is 1. The van der Waals surface area contributed by atoms with E-state index in [1.54, 1.807) is 30.3 Å². The number of anilines is 1. The molecule has 0 heterocycles. The lowest BCUT2D eigenvalue weighted by Crippen LogP contribution is -2.21. The maximum atomic E-state index is 11.7. The third-order valence-electron chi connectivity index (χ3n) is 2.80. The van der Waals surface area contributed by atoms with Gasteiger partial charge >= 0.3 is 0 Å². The molecule has 0 aliphatic rings. The van der Waals surface area contributed by atoms with Crippen molar-refractivity contribution >= 4 is 35.5 Å². The molecule has 0 aliphatic heterocycles. The molecule has 0 bridgehead atoms. The van der Waals surface area contributed by atoms with Gasteiger partial charge < -0.3 is 10.4 Å². The summed E-state index contributed by atoms with van der Waals surface area (Å²) in [7, 11) is 0. The predicted molar refractivity (Wildman–Crippen MR) is 96.2 cm³/mol. The summed E-state index contributed by atoms with van der Waals surface area (Å²) in [6, 6.07) is 15.6. The number of amides is 2. The zero-order chi connectivity index (χ0) is 17.2. The van der Waals surface area contributed by atoms with Crippen LogP contribution < -0.4 is 10.7 Å². The van der Waals surface area contributed by atoms with Crippen LogP contribution in [0.15, 0.2) is 59.7 Å². The fraction of sp³-hybridized carbons (Fsp3) is 0.118. The fourth-order valence-electron chi connectivity index (χ4n) is 1.77. The van der Waals surface area contributed by atoms with E-state index < -0.39 is 0 Å². The van der Waals surface area contributed by atoms with Gasteiger partial charge in [0.1, 0.15) is 5.75 Å². The molecule has 0 radical (unpaired) electrons. The van der Waals surface area contributed by atoms with Gasteiger partial charge in [0, 0.05) is 5.69 Å². The Bertz CT molecular complexity index is 720. The molecule has 124 valence electrons. The largest absolute Gasteiger partial charge is 0.508 e. The van der Waals surface area contributed by atoms with Crippen molar-refractivity contribution in [2.45, 2.75) is 0 Å². The van der Waals surface area contributed by atoms with E-state index >= 15 is 0 Å². The van der Waals surface area contributed by atoms with E-state index in [2.05, 4.69) is 15.8 Å². The van der Waals surface area contributed by atoms with Crippen LogP contribution in [0.4, 0.5) is 5.69 Å². The lowest BCUT2D eigenvalue weighted by molar-refractivity contribution is -0.118. The lowest BCUT2D eigenvalue weighted by atomic mass is 10.2. The van der Waals surface area contributed by atoms with Crippen LogP contribution in [0.2, 0.25) is 0 Å². The van der Waals surface area contributed by atoms with Crippen molar-refractivity contribution in [2.75, 3.05) is 16.8 Å². The van der Waals surface area contributed by atoms with Crippen molar-refractivity contribution < 1.29 is 14.7 Å². The number of phenols is 1. The average molecular weight is 343 g/mol. The summed E-state index contributed by atoms with van der Waals surface area (Å²) in [6.07, 6.45) is 1.43. The van der Waals surface area contributed by atoms with Gasteiger partial charge in [-0.15, -0.1) is 11.8 Å². The molecular formula is C17H17N3O3S. The van der Waals surface area contributed by atoms with Crippen LogP contribution in [-0.4, -0.2) is 34.6 Å². The van der Waals surface area contributed by atoms with Crippen molar-refractivity contribution in [3.63, 3.8) is 0 Å². The maximum absolute atomic E-state index is 11.7. The van der Waals surface area contributed by atoms with Crippen LogP contribution in [0.1, 0.15) is 5.56 Å². The SMILES string of the molecule is O=C(CSCC(=O)Nc1ccccc1)N/N=C/c1cccc(O)c1. The van der Waals surface area contributed by atoms with Crippen molar-refractivity contribution in [1.82, 2.24) is 5.43 Å². The molecule has 7 heteroatoms. The molecule has 0 spiro atoms. The Morgan fingerprint density at radius 3 is 2.54 bits per heavy atom. The van der Waals surface area contributed by atoms with Gasteiger partial charge in [-0.3, -0.25) is 9.59 Å². The summed E-state index contributed by atoms with van der Waals surface area (Å²) in [5, 5.41) is 15.8. The number of benzene rings is 2. The molecule has 0 unspecified atom stereocenters. The molecule has 0 atom stereocenters. The molecule has 24 heavy (non-hydrogen) atoms. The van der Waals surface area contributed by atoms with E-state index in [1.165, 1.54) is 24.0 Å². The summed E-state index contributed by atoms with van der Waals surface area (Å²) < 4.78 is 0. The highest BCUT2D eigenvalue weighted by atomic mass is 32.2. The van der Waals surface area contributed by atoms with Gasteiger partial charge in [-0.2, -0.15) is 5.10 Å². The zero-order valence-corrected chi connectivity index (χ0v) is 13.6. The normalized spacial score (nSPS) is 10.5. The molecular weight excluding hydrogens is 326 g/mol. The van der Waals surface area contributed by atoms with Crippen LogP contribution in [0, 0.1) is 0 Å². The Balaban J connectivity index is 1.65. The highest BCUT2D eigenvalue weighted by Gasteiger charge is 2.05. The Morgan fingerprint density at radius 2 is 1.79 bits per heavy atom. The first-order valence-corrected chi connectivity index (χ1v) is 8.32. The third-order valence-corrected chi connectivity index (χ3v) is 3.73. The number of nitrogens with zero attached hydrogens (tertiary/aromatic N) is 1. The number of carbonyl (C=O) groups excluding carboxylic acids is 2. The maximum Gasteiger partial charge on any atom is 0.250 e. The van der Waals surface area contributed by atoms with E-state index in [-0.39, 0.29) is 29.1 Å². The van der Waals surface area contributed by atoms with Crippen LogP contribution in [0.25, 0.3) is 0 Å². The standard InChI is InChI=1S/C17H17N3O3S/c21-15-8-4-5-13(9-15)10-18-20-17(23)12-24-11-16(22)19-14-6-2-1-3-7-14/h1-10,21H,11-12H2,(H,19,22)(H,20,23)/b18-10+. The van der Waals surface area contributed by atoms with Gasteiger partial charge in [0.2, 0.25) is 11.8 Å². The molecule has 2 aromatic carbocycles. The molecule has 6 nitrogen and oxygen atoms in total. The molecule has 0 saturated heterocycles. The highest BCUT2D eigenvalue weighted by molar-refractivity contribution is 8.00. The van der Waals surface area contributed by atoms with Gasteiger partial charge in [-0.05, 0) is 29.8 Å². The zero-order valence-electron chi connectivity index (χ0n) is 12.8. The number of hydrogen-bond acceptors (Lipinski definition) is 5. The van der Waals surface area contributed by atoms with E-state index in [0.29, 0.717) is 5.56 Å². The summed E-state index contributed by atoms with van der Waals surface area (Å²) in [4.78, 5) is 23.3. The van der Waals surface area contributed by atoms with Gasteiger partial charge in [-0.25, -0.2) is 5.43 Å². The molecule has 0 aromatic heterocycles. The summed E-state index contributed by atoms with van der Waals surface area (Å²) in [5.41, 5.74) is 3.77. The molecule has 2 amide bonds. The van der Waals surface area contributed by atoms with E-state index in [1.807, 2.05) is 18.2 Å². The quantitative estimate of drug-likeness (QED) is 0.531. The molecule has 0 fully saturated rings. The number of rotatable bonds is 7. The Kier molecular flexibility index (Phi) is 6.85. The van der Waals surface area contributed by atoms with Crippen LogP contribution in [0.3, 0.4) is 0 Å². The number of carbonyl (C=O) groups is 2. The van der Waals surface area contributed by atoms with Gasteiger partial charge in [0.15, 0.2) is 0 Å². The monoisotopic (exact) mass is 343 g/mol. The molecule has 3 N–H and O–H groups in total. The minimum absolute atomic E-state index is 0.125. The predicted octanol–water partition coefficient (Wildman–Crippen LogP) is 2.21. The van der Waals surface area contributed by atoms with Crippen molar-refractivity contribution in [2.24, 2.45) is 5.10 Å². The Hall–Kier alpha value is -2.80. The van der Waals surface area contributed by atoms with Gasteiger partial charge in [0.05, 0.1) is 17.7 Å². The molecule has 2 rings (SSSR count). The second-order valence-electron chi connectivity index (χ2n) is 4.80. The van der Waals surface area contributed by atoms with Crippen LogP contribution in [-0.2, 0) is 9.59 Å². The topological polar surface area (TPSA) is 90.8 Å². The summed E-state index contributed by atoms with van der Waals surface area (Å²) in [5.74, 6) is -0.0329. The number of hydrogen-bond donors (Lipinski definition) is 3. The fourth-order valence-corrected chi connectivity index (χ4v) is 2.38. The minimum Gasteiger partial charge on any atom is -0.508 e. The van der Waals surface area contributed by atoms with Crippen molar-refractivity contribution in [3.8, 4) is 5.75 Å². The number of phenolic OH excluding ortho intramolecular Hbond substituents is 1. The van der Waals surface area contributed by atoms with Crippen LogP contribution in [0.5, 0.6) is 5.75 Å². The summed E-state index contributed by atoms with van der Waals surface area (Å²) in [6.45, 7) is 0. The highest BCUT2D eigenvalue weighted by Crippen LogP contribution is 2.09. The van der Waals surface area contributed by atoms with E-state index in [4.69, 9.17) is 0 Å². The number of aromatic hydroxyl groups is 1. The third kappa shape index (κ3) is 6.53. The van der Waals surface area contributed by atoms with Gasteiger partial charge in [0.25, 0.3) is 0 Å². The second kappa shape index (κ2) is 9.36. The van der Waals surface area contributed by atoms with Gasteiger partial charge in [-0.1, -0.05) is 30.3 Å². The summed E-state index contributed by atoms with van der Waals surface area (Å²) >= 11 is 1.20. The van der Waals surface area contributed by atoms with Crippen molar-refractivity contribution in [1.29, 1.82) is 0 Å². The Labute approximate surface area is 144 Å². The molecule has 2 aromatic rings. The first kappa shape index (κ1) is 17.6. The molecule has 0 saturated carbocycles. The number of hydrazone groups is 1. The first-order chi connectivity index (χ1) is 11.6. The van der Waals surface area contributed by atoms with Crippen LogP contribution >= 0.6 is 11.8 Å².